The number of hydrogen-bond donors (Lipinski definition) is 1. The van der Waals surface area contributed by atoms with Gasteiger partial charge in [0.2, 0.25) is 0 Å². The summed E-state index contributed by atoms with van der Waals surface area (Å²) in [6, 6.07) is 6.37. The first kappa shape index (κ1) is 12.1. The Labute approximate surface area is 114 Å². The Morgan fingerprint density at radius 1 is 1.16 bits per heavy atom. The molecule has 0 radical (unpaired) electrons. The molecule has 0 aliphatic rings. The van der Waals surface area contributed by atoms with Gasteiger partial charge in [0.25, 0.3) is 0 Å². The van der Waals surface area contributed by atoms with Gasteiger partial charge in [-0.2, -0.15) is 5.10 Å². The van der Waals surface area contributed by atoms with Crippen LogP contribution < -0.4 is 10.6 Å². The molecule has 0 amide bonds. The minimum absolute atomic E-state index is 0.875. The molecule has 0 bridgehead atoms. The highest BCUT2D eigenvalue weighted by Gasteiger charge is 2.06. The van der Waals surface area contributed by atoms with E-state index in [4.69, 9.17) is 0 Å². The van der Waals surface area contributed by atoms with Crippen molar-refractivity contribution in [2.24, 2.45) is 7.05 Å². The fourth-order valence-corrected chi connectivity index (χ4v) is 2.58. The van der Waals surface area contributed by atoms with Gasteiger partial charge in [0.15, 0.2) is 0 Å². The van der Waals surface area contributed by atoms with Crippen molar-refractivity contribution in [1.29, 1.82) is 0 Å². The first-order valence-electron chi connectivity index (χ1n) is 6.03. The standard InChI is InChI=1S/C14H15N4P/c1-15-14-5-10-3-9(11-6-17-18(2)8-11)4-13(19)12(10)7-16-14/h3-8H,19H2,1-2H3,(H,15,16). The first-order chi connectivity index (χ1) is 9.17. The minimum Gasteiger partial charge on any atom is -0.373 e. The molecular formula is C14H15N4P. The monoisotopic (exact) mass is 270 g/mol. The predicted octanol–water partition coefficient (Wildman–Crippen LogP) is 2.18. The van der Waals surface area contributed by atoms with E-state index in [1.807, 2.05) is 37.4 Å². The second kappa shape index (κ2) is 4.63. The third kappa shape index (κ3) is 2.20. The number of aryl methyl sites for hydroxylation is 1. The summed E-state index contributed by atoms with van der Waals surface area (Å²) in [5.41, 5.74) is 2.29. The van der Waals surface area contributed by atoms with Crippen LogP contribution in [0, 0.1) is 0 Å². The van der Waals surface area contributed by atoms with Gasteiger partial charge < -0.3 is 5.32 Å². The van der Waals surface area contributed by atoms with Gasteiger partial charge >= 0.3 is 0 Å². The highest BCUT2D eigenvalue weighted by Crippen LogP contribution is 2.25. The fraction of sp³-hybridized carbons (Fsp3) is 0.143. The number of rotatable bonds is 2. The maximum Gasteiger partial charge on any atom is 0.126 e. The summed E-state index contributed by atoms with van der Waals surface area (Å²) in [7, 11) is 6.58. The normalized spacial score (nSPS) is 10.9. The third-order valence-corrected chi connectivity index (χ3v) is 3.64. The molecule has 96 valence electrons. The Morgan fingerprint density at radius 3 is 2.68 bits per heavy atom. The maximum atomic E-state index is 4.35. The molecule has 0 aliphatic heterocycles. The van der Waals surface area contributed by atoms with Gasteiger partial charge in [-0.15, -0.1) is 9.24 Å². The van der Waals surface area contributed by atoms with Gasteiger partial charge in [0.05, 0.1) is 6.20 Å². The van der Waals surface area contributed by atoms with E-state index in [1.165, 1.54) is 10.9 Å². The van der Waals surface area contributed by atoms with E-state index in [-0.39, 0.29) is 0 Å². The Balaban J connectivity index is 2.22. The van der Waals surface area contributed by atoms with Gasteiger partial charge in [-0.05, 0) is 34.5 Å². The van der Waals surface area contributed by atoms with Crippen molar-refractivity contribution in [2.45, 2.75) is 0 Å². The molecule has 4 nitrogen and oxygen atoms in total. The number of pyridine rings is 1. The molecule has 0 saturated carbocycles. The Bertz CT molecular complexity index is 748. The van der Waals surface area contributed by atoms with Crippen LogP contribution in [0.15, 0.2) is 36.8 Å². The highest BCUT2D eigenvalue weighted by atomic mass is 31.0. The van der Waals surface area contributed by atoms with Crippen molar-refractivity contribution >= 4 is 31.1 Å². The number of nitrogens with zero attached hydrogens (tertiary/aromatic N) is 3. The summed E-state index contributed by atoms with van der Waals surface area (Å²) < 4.78 is 1.81. The van der Waals surface area contributed by atoms with Gasteiger partial charge in [-0.3, -0.25) is 4.68 Å². The second-order valence-electron chi connectivity index (χ2n) is 4.51. The molecule has 19 heavy (non-hydrogen) atoms. The van der Waals surface area contributed by atoms with Crippen molar-refractivity contribution < 1.29 is 0 Å². The average molecular weight is 270 g/mol. The van der Waals surface area contributed by atoms with E-state index in [0.29, 0.717) is 0 Å². The molecule has 2 heterocycles. The molecule has 1 aromatic carbocycles. The molecule has 0 saturated heterocycles. The lowest BCUT2D eigenvalue weighted by Crippen LogP contribution is -1.98. The van der Waals surface area contributed by atoms with Crippen LogP contribution in [0.1, 0.15) is 0 Å². The lowest BCUT2D eigenvalue weighted by Gasteiger charge is -2.07. The third-order valence-electron chi connectivity index (χ3n) is 3.16. The SMILES string of the molecule is CNc1cc2cc(-c3cnn(C)c3)cc(P)c2cn1. The summed E-state index contributed by atoms with van der Waals surface area (Å²) in [4.78, 5) is 4.35. The summed E-state index contributed by atoms with van der Waals surface area (Å²) >= 11 is 0. The molecule has 1 N–H and O–H groups in total. The smallest absolute Gasteiger partial charge is 0.126 e. The minimum atomic E-state index is 0.875. The molecule has 3 rings (SSSR count). The average Bonchev–Trinajstić information content (AvgIpc) is 2.84. The number of anilines is 1. The van der Waals surface area contributed by atoms with Crippen LogP contribution in [0.2, 0.25) is 0 Å². The van der Waals surface area contributed by atoms with E-state index < -0.39 is 0 Å². The molecule has 2 aromatic heterocycles. The van der Waals surface area contributed by atoms with E-state index in [9.17, 15) is 0 Å². The highest BCUT2D eigenvalue weighted by molar-refractivity contribution is 7.28. The van der Waals surface area contributed by atoms with Crippen LogP contribution in [0.5, 0.6) is 0 Å². The quantitative estimate of drug-likeness (QED) is 0.726. The number of benzene rings is 1. The predicted molar refractivity (Wildman–Crippen MR) is 82.8 cm³/mol. The zero-order valence-corrected chi connectivity index (χ0v) is 12.0. The molecule has 0 aliphatic carbocycles. The fourth-order valence-electron chi connectivity index (χ4n) is 2.16. The van der Waals surface area contributed by atoms with Crippen molar-refractivity contribution in [3.63, 3.8) is 0 Å². The van der Waals surface area contributed by atoms with E-state index >= 15 is 0 Å². The van der Waals surface area contributed by atoms with Crippen molar-refractivity contribution in [3.8, 4) is 11.1 Å². The van der Waals surface area contributed by atoms with E-state index in [1.54, 1.807) is 0 Å². The zero-order valence-electron chi connectivity index (χ0n) is 10.9. The lowest BCUT2D eigenvalue weighted by atomic mass is 10.0. The number of aromatic nitrogens is 3. The Hall–Kier alpha value is -1.93. The molecule has 0 fully saturated rings. The van der Waals surface area contributed by atoms with E-state index in [0.717, 1.165) is 22.1 Å². The number of fused-ring (bicyclic) bond motifs is 1. The van der Waals surface area contributed by atoms with Crippen LogP contribution in [-0.4, -0.2) is 21.8 Å². The summed E-state index contributed by atoms with van der Waals surface area (Å²) in [6.07, 6.45) is 5.80. The van der Waals surface area contributed by atoms with E-state index in [2.05, 4.69) is 42.8 Å². The summed E-state index contributed by atoms with van der Waals surface area (Å²) in [6.45, 7) is 0. The summed E-state index contributed by atoms with van der Waals surface area (Å²) in [5, 5.41) is 10.8. The van der Waals surface area contributed by atoms with Gasteiger partial charge in [-0.1, -0.05) is 0 Å². The van der Waals surface area contributed by atoms with Gasteiger partial charge in [-0.25, -0.2) is 4.98 Å². The molecule has 1 unspecified atom stereocenters. The topological polar surface area (TPSA) is 42.7 Å². The van der Waals surface area contributed by atoms with Crippen LogP contribution >= 0.6 is 9.24 Å². The van der Waals surface area contributed by atoms with Gasteiger partial charge in [0.1, 0.15) is 5.82 Å². The molecule has 5 heteroatoms. The van der Waals surface area contributed by atoms with Crippen molar-refractivity contribution in [3.05, 3.63) is 36.8 Å². The largest absolute Gasteiger partial charge is 0.373 e. The van der Waals surface area contributed by atoms with Crippen LogP contribution in [-0.2, 0) is 7.05 Å². The second-order valence-corrected chi connectivity index (χ2v) is 5.13. The first-order valence-corrected chi connectivity index (χ1v) is 6.61. The molecular weight excluding hydrogens is 255 g/mol. The molecule has 0 spiro atoms. The lowest BCUT2D eigenvalue weighted by molar-refractivity contribution is 0.768. The van der Waals surface area contributed by atoms with Crippen LogP contribution in [0.25, 0.3) is 21.9 Å². The Morgan fingerprint density at radius 2 is 2.00 bits per heavy atom. The summed E-state index contributed by atoms with van der Waals surface area (Å²) in [5.74, 6) is 0.875. The Kier molecular flexibility index (Phi) is 2.96. The zero-order chi connectivity index (χ0) is 13.4. The molecule has 1 atom stereocenters. The molecule has 3 aromatic rings. The van der Waals surface area contributed by atoms with Crippen LogP contribution in [0.4, 0.5) is 5.82 Å². The van der Waals surface area contributed by atoms with Crippen molar-refractivity contribution in [1.82, 2.24) is 14.8 Å². The maximum absolute atomic E-state index is 4.35. The van der Waals surface area contributed by atoms with Gasteiger partial charge in [0, 0.05) is 37.4 Å². The number of hydrogen-bond acceptors (Lipinski definition) is 3. The van der Waals surface area contributed by atoms with Crippen molar-refractivity contribution in [2.75, 3.05) is 12.4 Å². The number of nitrogens with one attached hydrogen (secondary N) is 1. The van der Waals surface area contributed by atoms with Crippen LogP contribution in [0.3, 0.4) is 0 Å².